The highest BCUT2D eigenvalue weighted by atomic mass is 35.5. The van der Waals surface area contributed by atoms with Crippen LogP contribution < -0.4 is 11.1 Å². The lowest BCUT2D eigenvalue weighted by Gasteiger charge is -2.13. The topological polar surface area (TPSA) is 55.1 Å². The second-order valence-electron chi connectivity index (χ2n) is 3.74. The number of benzene rings is 1. The largest absolute Gasteiger partial charge is 0.416 e. The van der Waals surface area contributed by atoms with Crippen LogP contribution in [0.2, 0.25) is 5.02 Å². The molecule has 0 spiro atoms. The zero-order chi connectivity index (χ0) is 13.5. The number of anilines is 1. The highest BCUT2D eigenvalue weighted by molar-refractivity contribution is 7.99. The minimum absolute atomic E-state index is 0. The number of hydrogen-bond acceptors (Lipinski definition) is 3. The third-order valence-corrected chi connectivity index (χ3v) is 4.04. The van der Waals surface area contributed by atoms with E-state index in [4.69, 9.17) is 17.3 Å². The number of amides is 1. The Kier molecular flexibility index (Phi) is 5.00. The van der Waals surface area contributed by atoms with E-state index in [1.54, 1.807) is 0 Å². The second kappa shape index (κ2) is 5.78. The van der Waals surface area contributed by atoms with E-state index in [0.717, 1.165) is 23.9 Å². The van der Waals surface area contributed by atoms with Gasteiger partial charge in [-0.25, -0.2) is 0 Å². The number of thioether (sulfide) groups is 1. The van der Waals surface area contributed by atoms with E-state index in [1.807, 2.05) is 0 Å². The van der Waals surface area contributed by atoms with Crippen molar-refractivity contribution in [3.63, 3.8) is 0 Å². The van der Waals surface area contributed by atoms with Crippen LogP contribution in [0.15, 0.2) is 17.0 Å². The summed E-state index contributed by atoms with van der Waals surface area (Å²) < 4.78 is 37.8. The molecule has 1 aliphatic heterocycles. The maximum absolute atomic E-state index is 12.6. The smallest absolute Gasteiger partial charge is 0.324 e. The summed E-state index contributed by atoms with van der Waals surface area (Å²) in [7, 11) is 0. The highest BCUT2D eigenvalue weighted by Gasteiger charge is 2.33. The summed E-state index contributed by atoms with van der Waals surface area (Å²) in [5, 5.41) is 2.31. The van der Waals surface area contributed by atoms with E-state index in [2.05, 4.69) is 5.32 Å². The van der Waals surface area contributed by atoms with Crippen LogP contribution in [0, 0.1) is 0 Å². The van der Waals surface area contributed by atoms with Crippen LogP contribution in [0.3, 0.4) is 0 Å². The number of carbonyl (C=O) groups excluding carboxylic acids is 1. The number of hydrogen-bond donors (Lipinski definition) is 2. The van der Waals surface area contributed by atoms with Gasteiger partial charge in [0, 0.05) is 10.6 Å². The molecule has 0 unspecified atom stereocenters. The maximum atomic E-state index is 12.6. The van der Waals surface area contributed by atoms with Gasteiger partial charge >= 0.3 is 6.18 Å². The average Bonchev–Trinajstić information content (AvgIpc) is 2.38. The predicted octanol–water partition coefficient (Wildman–Crippen LogP) is 3.15. The summed E-state index contributed by atoms with van der Waals surface area (Å²) in [5.74, 6) is -0.249. The van der Waals surface area contributed by atoms with Gasteiger partial charge in [-0.1, -0.05) is 11.6 Å². The van der Waals surface area contributed by atoms with E-state index in [9.17, 15) is 18.0 Å². The molecule has 0 bridgehead atoms. The van der Waals surface area contributed by atoms with Crippen LogP contribution in [-0.2, 0) is 11.0 Å². The quantitative estimate of drug-likeness (QED) is 0.767. The Morgan fingerprint density at radius 2 is 2.05 bits per heavy atom. The Hall–Kier alpha value is -0.630. The molecule has 3 nitrogen and oxygen atoms in total. The number of rotatable bonds is 0. The second-order valence-corrected chi connectivity index (χ2v) is 5.18. The average molecular weight is 333 g/mol. The van der Waals surface area contributed by atoms with Crippen LogP contribution in [-0.4, -0.2) is 17.7 Å². The number of fused-ring (bicyclic) bond motifs is 1. The lowest BCUT2D eigenvalue weighted by molar-refractivity contribution is -0.137. The molecule has 3 N–H and O–H groups in total. The first-order valence-corrected chi connectivity index (χ1v) is 6.25. The van der Waals surface area contributed by atoms with Crippen molar-refractivity contribution < 1.29 is 18.0 Å². The number of nitrogens with one attached hydrogen (secondary N) is 1. The minimum atomic E-state index is -4.51. The fourth-order valence-corrected chi connectivity index (χ4v) is 2.81. The SMILES string of the molecule is Cl.N[C@H]1CSc2c(Cl)cc(C(F)(F)F)cc2NC1=O. The number of nitrogens with two attached hydrogens (primary N) is 1. The molecule has 0 saturated carbocycles. The first kappa shape index (κ1) is 16.4. The molecule has 2 rings (SSSR count). The van der Waals surface area contributed by atoms with Crippen molar-refractivity contribution in [2.24, 2.45) is 5.73 Å². The molecule has 0 aromatic heterocycles. The van der Waals surface area contributed by atoms with Gasteiger partial charge in [0.15, 0.2) is 0 Å². The zero-order valence-electron chi connectivity index (χ0n) is 9.25. The Bertz CT molecular complexity index is 510. The van der Waals surface area contributed by atoms with Gasteiger partial charge in [-0.05, 0) is 12.1 Å². The first-order valence-electron chi connectivity index (χ1n) is 4.89. The molecule has 1 amide bonds. The standard InChI is InChI=1S/C10H8ClF3N2OS.ClH/c11-5-1-4(10(12,13)14)2-7-8(5)18-3-6(15)9(17)16-7;/h1-2,6H,3,15H2,(H,16,17);1H/t6-;/m0./s1. The van der Waals surface area contributed by atoms with Gasteiger partial charge in [0.25, 0.3) is 0 Å². The summed E-state index contributed by atoms with van der Waals surface area (Å²) in [5.41, 5.74) is 4.69. The van der Waals surface area contributed by atoms with Gasteiger partial charge in [0.05, 0.1) is 22.3 Å². The van der Waals surface area contributed by atoms with Gasteiger partial charge in [0.1, 0.15) is 0 Å². The van der Waals surface area contributed by atoms with E-state index in [1.165, 1.54) is 0 Å². The molecule has 0 aliphatic carbocycles. The van der Waals surface area contributed by atoms with E-state index >= 15 is 0 Å². The van der Waals surface area contributed by atoms with Crippen molar-refractivity contribution in [2.45, 2.75) is 17.1 Å². The summed E-state index contributed by atoms with van der Waals surface area (Å²) in [6.45, 7) is 0. The van der Waals surface area contributed by atoms with Crippen LogP contribution in [0.4, 0.5) is 18.9 Å². The van der Waals surface area contributed by atoms with Crippen molar-refractivity contribution in [1.29, 1.82) is 0 Å². The van der Waals surface area contributed by atoms with Crippen LogP contribution in [0.5, 0.6) is 0 Å². The maximum Gasteiger partial charge on any atom is 0.416 e. The molecular formula is C10H9Cl2F3N2OS. The van der Waals surface area contributed by atoms with Crippen molar-refractivity contribution >= 4 is 47.4 Å². The number of halogens is 5. The van der Waals surface area contributed by atoms with Gasteiger partial charge in [-0.15, -0.1) is 24.2 Å². The predicted molar refractivity (Wildman–Crippen MR) is 71.0 cm³/mol. The molecule has 1 atom stereocenters. The number of alkyl halides is 3. The minimum Gasteiger partial charge on any atom is -0.324 e. The monoisotopic (exact) mass is 332 g/mol. The highest BCUT2D eigenvalue weighted by Crippen LogP contribution is 2.41. The van der Waals surface area contributed by atoms with Crippen LogP contribution in [0.1, 0.15) is 5.56 Å². The van der Waals surface area contributed by atoms with Gasteiger partial charge in [-0.2, -0.15) is 13.2 Å². The molecule has 1 aromatic carbocycles. The Labute approximate surface area is 122 Å². The fourth-order valence-electron chi connectivity index (χ4n) is 1.47. The molecule has 9 heteroatoms. The third kappa shape index (κ3) is 3.47. The first-order chi connectivity index (χ1) is 8.29. The van der Waals surface area contributed by atoms with Crippen molar-refractivity contribution in [2.75, 3.05) is 11.1 Å². The van der Waals surface area contributed by atoms with E-state index < -0.39 is 23.7 Å². The zero-order valence-corrected chi connectivity index (χ0v) is 11.6. The molecule has 0 fully saturated rings. The van der Waals surface area contributed by atoms with E-state index in [0.29, 0.717) is 4.90 Å². The summed E-state index contributed by atoms with van der Waals surface area (Å²) in [4.78, 5) is 11.9. The summed E-state index contributed by atoms with van der Waals surface area (Å²) in [6.07, 6.45) is -4.51. The Morgan fingerprint density at radius 3 is 2.63 bits per heavy atom. The van der Waals surface area contributed by atoms with Crippen LogP contribution in [0.25, 0.3) is 0 Å². The molecule has 1 heterocycles. The molecule has 19 heavy (non-hydrogen) atoms. The molecular weight excluding hydrogens is 324 g/mol. The molecule has 1 aliphatic rings. The lowest BCUT2D eigenvalue weighted by atomic mass is 10.2. The Balaban J connectivity index is 0.00000180. The van der Waals surface area contributed by atoms with Crippen molar-refractivity contribution in [3.05, 3.63) is 22.7 Å². The fraction of sp³-hybridized carbons (Fsp3) is 0.300. The van der Waals surface area contributed by atoms with Gasteiger partial charge in [-0.3, -0.25) is 4.79 Å². The molecule has 0 saturated heterocycles. The summed E-state index contributed by atoms with van der Waals surface area (Å²) >= 11 is 6.97. The van der Waals surface area contributed by atoms with Gasteiger partial charge in [0.2, 0.25) is 5.91 Å². The third-order valence-electron chi connectivity index (χ3n) is 2.37. The van der Waals surface area contributed by atoms with E-state index in [-0.39, 0.29) is 28.9 Å². The van der Waals surface area contributed by atoms with Crippen LogP contribution >= 0.6 is 35.8 Å². The van der Waals surface area contributed by atoms with Gasteiger partial charge < -0.3 is 11.1 Å². The number of carbonyl (C=O) groups is 1. The van der Waals surface area contributed by atoms with Crippen molar-refractivity contribution in [1.82, 2.24) is 0 Å². The molecule has 1 aromatic rings. The lowest BCUT2D eigenvalue weighted by Crippen LogP contribution is -2.36. The Morgan fingerprint density at radius 1 is 1.42 bits per heavy atom. The molecule has 0 radical (unpaired) electrons. The van der Waals surface area contributed by atoms with Crippen molar-refractivity contribution in [3.8, 4) is 0 Å². The molecule has 106 valence electrons. The normalized spacial score (nSPS) is 19.0. The summed E-state index contributed by atoms with van der Waals surface area (Å²) in [6, 6.07) is 0.938.